The number of hydrogen-bond acceptors (Lipinski definition) is 1. The first-order valence-corrected chi connectivity index (χ1v) is 12.7. The van der Waals surface area contributed by atoms with E-state index in [9.17, 15) is 5.11 Å². The number of fused-ring (bicyclic) bond motifs is 5. The minimum Gasteiger partial charge on any atom is -0.393 e. The highest BCUT2D eigenvalue weighted by atomic mass is 16.3. The molecular weight excluding hydrogens is 352 g/mol. The van der Waals surface area contributed by atoms with Crippen molar-refractivity contribution in [3.63, 3.8) is 0 Å². The molecule has 0 aromatic carbocycles. The Bertz CT molecular complexity index is 682. The van der Waals surface area contributed by atoms with E-state index in [1.807, 2.05) is 0 Å². The van der Waals surface area contributed by atoms with Crippen LogP contribution in [0.2, 0.25) is 0 Å². The van der Waals surface area contributed by atoms with E-state index in [-0.39, 0.29) is 6.10 Å². The van der Waals surface area contributed by atoms with Gasteiger partial charge in [0, 0.05) is 0 Å². The van der Waals surface area contributed by atoms with E-state index in [0.717, 1.165) is 42.4 Å². The summed E-state index contributed by atoms with van der Waals surface area (Å²) in [5.74, 6) is 4.47. The van der Waals surface area contributed by atoms with E-state index >= 15 is 0 Å². The van der Waals surface area contributed by atoms with Gasteiger partial charge in [-0.05, 0) is 125 Å². The quantitative estimate of drug-likeness (QED) is 0.481. The number of hydrogen-bond donors (Lipinski definition) is 1. The smallest absolute Gasteiger partial charge is 0.0577 e. The molecule has 8 atom stereocenters. The minimum atomic E-state index is -0.0827. The zero-order chi connectivity index (χ0) is 21.0. The third-order valence-electron chi connectivity index (χ3n) is 10.7. The van der Waals surface area contributed by atoms with Crippen molar-refractivity contribution in [3.05, 3.63) is 22.8 Å². The maximum absolute atomic E-state index is 10.2. The van der Waals surface area contributed by atoms with Gasteiger partial charge in [0.2, 0.25) is 0 Å². The average molecular weight is 399 g/mol. The molecule has 0 heterocycles. The predicted molar refractivity (Wildman–Crippen MR) is 124 cm³/mol. The van der Waals surface area contributed by atoms with Gasteiger partial charge < -0.3 is 5.11 Å². The molecule has 0 amide bonds. The summed E-state index contributed by atoms with van der Waals surface area (Å²) in [4.78, 5) is 0. The van der Waals surface area contributed by atoms with Gasteiger partial charge in [-0.15, -0.1) is 0 Å². The Kier molecular flexibility index (Phi) is 5.86. The lowest BCUT2D eigenvalue weighted by Crippen LogP contribution is -2.50. The standard InChI is InChI=1S/C28H46O/c1-18(2)19(3)7-8-20(4)24-11-12-25-23-10-9-21-17-22(29)13-15-27(21,5)26(23)14-16-28(24,25)6/h9,20,22-26,29H,7-8,10-17H2,1-6H3/t20-,22?,23+,24-,25+,26+,27+,28-/m1/s1. The summed E-state index contributed by atoms with van der Waals surface area (Å²) in [6, 6.07) is 0. The molecular formula is C28H46O. The van der Waals surface area contributed by atoms with E-state index in [1.165, 1.54) is 56.9 Å². The van der Waals surface area contributed by atoms with Crippen LogP contribution in [0.25, 0.3) is 0 Å². The Morgan fingerprint density at radius 1 is 1.07 bits per heavy atom. The molecule has 0 bridgehead atoms. The van der Waals surface area contributed by atoms with Crippen LogP contribution in [0, 0.1) is 40.4 Å². The lowest BCUT2D eigenvalue weighted by Gasteiger charge is -2.58. The molecule has 4 aliphatic rings. The Labute approximate surface area is 180 Å². The number of aliphatic hydroxyl groups is 1. The maximum atomic E-state index is 10.2. The van der Waals surface area contributed by atoms with E-state index < -0.39 is 0 Å². The van der Waals surface area contributed by atoms with E-state index in [0.29, 0.717) is 10.8 Å². The first-order chi connectivity index (χ1) is 13.7. The molecule has 4 aliphatic carbocycles. The fourth-order valence-electron chi connectivity index (χ4n) is 8.51. The molecule has 4 rings (SSSR count). The first kappa shape index (κ1) is 21.7. The fourth-order valence-corrected chi connectivity index (χ4v) is 8.51. The highest BCUT2D eigenvalue weighted by Gasteiger charge is 2.59. The Balaban J connectivity index is 1.51. The number of allylic oxidation sites excluding steroid dienone is 3. The van der Waals surface area contributed by atoms with Gasteiger partial charge >= 0.3 is 0 Å². The van der Waals surface area contributed by atoms with Gasteiger partial charge in [0.05, 0.1) is 6.10 Å². The molecule has 1 nitrogen and oxygen atoms in total. The van der Waals surface area contributed by atoms with Crippen molar-refractivity contribution in [2.24, 2.45) is 40.4 Å². The minimum absolute atomic E-state index is 0.0827. The van der Waals surface area contributed by atoms with Crippen LogP contribution in [0.5, 0.6) is 0 Å². The SMILES string of the molecule is CC(C)=C(C)CC[C@@H](C)[C@H]1CC[C@H]2[C@@H]3CC=C4CC(O)CC[C@]4(C)[C@H]3CC[C@]12C. The van der Waals surface area contributed by atoms with Crippen molar-refractivity contribution >= 4 is 0 Å². The molecule has 0 spiro atoms. The molecule has 1 unspecified atom stereocenters. The van der Waals surface area contributed by atoms with Crippen LogP contribution in [0.1, 0.15) is 106 Å². The molecule has 3 fully saturated rings. The maximum Gasteiger partial charge on any atom is 0.0577 e. The lowest BCUT2D eigenvalue weighted by molar-refractivity contribution is -0.0571. The van der Waals surface area contributed by atoms with E-state index in [1.54, 1.807) is 11.1 Å². The summed E-state index contributed by atoms with van der Waals surface area (Å²) < 4.78 is 0. The summed E-state index contributed by atoms with van der Waals surface area (Å²) in [6.07, 6.45) is 15.4. The van der Waals surface area contributed by atoms with E-state index in [2.05, 4.69) is 47.6 Å². The number of rotatable bonds is 4. The molecule has 0 radical (unpaired) electrons. The van der Waals surface area contributed by atoms with Crippen LogP contribution in [0.4, 0.5) is 0 Å². The highest BCUT2D eigenvalue weighted by Crippen LogP contribution is 2.67. The van der Waals surface area contributed by atoms with Gasteiger partial charge in [-0.3, -0.25) is 0 Å². The third kappa shape index (κ3) is 3.58. The normalized spacial score (nSPS) is 44.9. The fraction of sp³-hybridized carbons (Fsp3) is 0.857. The van der Waals surface area contributed by atoms with Gasteiger partial charge in [-0.1, -0.05) is 43.6 Å². The van der Waals surface area contributed by atoms with Crippen LogP contribution in [0.3, 0.4) is 0 Å². The molecule has 1 heteroatoms. The highest BCUT2D eigenvalue weighted by molar-refractivity contribution is 5.25. The second-order valence-corrected chi connectivity index (χ2v) is 12.2. The monoisotopic (exact) mass is 398 g/mol. The topological polar surface area (TPSA) is 20.2 Å². The van der Waals surface area contributed by atoms with Crippen molar-refractivity contribution in [1.82, 2.24) is 0 Å². The van der Waals surface area contributed by atoms with Gasteiger partial charge in [-0.25, -0.2) is 0 Å². The van der Waals surface area contributed by atoms with Crippen molar-refractivity contribution in [3.8, 4) is 0 Å². The average Bonchev–Trinajstić information content (AvgIpc) is 3.03. The van der Waals surface area contributed by atoms with Gasteiger partial charge in [-0.2, -0.15) is 0 Å². The summed E-state index contributed by atoms with van der Waals surface area (Å²) in [5.41, 5.74) is 5.69. The lowest BCUT2D eigenvalue weighted by atomic mass is 9.47. The Hall–Kier alpha value is -0.560. The van der Waals surface area contributed by atoms with Crippen molar-refractivity contribution < 1.29 is 5.11 Å². The Morgan fingerprint density at radius 2 is 1.83 bits per heavy atom. The summed E-state index contributed by atoms with van der Waals surface area (Å²) in [5, 5.41) is 10.2. The second-order valence-electron chi connectivity index (χ2n) is 12.2. The van der Waals surface area contributed by atoms with Crippen LogP contribution in [-0.4, -0.2) is 11.2 Å². The summed E-state index contributed by atoms with van der Waals surface area (Å²) in [6.45, 7) is 14.7. The molecule has 1 N–H and O–H groups in total. The van der Waals surface area contributed by atoms with Gasteiger partial charge in [0.25, 0.3) is 0 Å². The summed E-state index contributed by atoms with van der Waals surface area (Å²) >= 11 is 0. The van der Waals surface area contributed by atoms with E-state index in [4.69, 9.17) is 0 Å². The largest absolute Gasteiger partial charge is 0.393 e. The van der Waals surface area contributed by atoms with Gasteiger partial charge in [0.1, 0.15) is 0 Å². The molecule has 0 aromatic rings. The first-order valence-electron chi connectivity index (χ1n) is 12.7. The van der Waals surface area contributed by atoms with Crippen LogP contribution < -0.4 is 0 Å². The number of aliphatic hydroxyl groups excluding tert-OH is 1. The van der Waals surface area contributed by atoms with Crippen molar-refractivity contribution in [2.45, 2.75) is 112 Å². The van der Waals surface area contributed by atoms with Crippen LogP contribution in [0.15, 0.2) is 22.8 Å². The van der Waals surface area contributed by atoms with Crippen molar-refractivity contribution in [1.29, 1.82) is 0 Å². The third-order valence-corrected chi connectivity index (χ3v) is 10.7. The van der Waals surface area contributed by atoms with Crippen molar-refractivity contribution in [2.75, 3.05) is 0 Å². The zero-order valence-corrected chi connectivity index (χ0v) is 20.1. The second kappa shape index (κ2) is 7.85. The zero-order valence-electron chi connectivity index (χ0n) is 20.1. The summed E-state index contributed by atoms with van der Waals surface area (Å²) in [7, 11) is 0. The molecule has 29 heavy (non-hydrogen) atoms. The molecule has 3 saturated carbocycles. The molecule has 0 saturated heterocycles. The van der Waals surface area contributed by atoms with Crippen LogP contribution >= 0.6 is 0 Å². The Morgan fingerprint density at radius 3 is 2.55 bits per heavy atom. The molecule has 164 valence electrons. The van der Waals surface area contributed by atoms with Gasteiger partial charge in [0.15, 0.2) is 0 Å². The predicted octanol–water partition coefficient (Wildman–Crippen LogP) is 7.70. The molecule has 0 aliphatic heterocycles. The van der Waals surface area contributed by atoms with Crippen LogP contribution in [-0.2, 0) is 0 Å². The molecule has 0 aromatic heterocycles.